The summed E-state index contributed by atoms with van der Waals surface area (Å²) in [4.78, 5) is 23.7. The van der Waals surface area contributed by atoms with Crippen LogP contribution in [0.5, 0.6) is 0 Å². The minimum absolute atomic E-state index is 0.0276. The number of fused-ring (bicyclic) bond motifs is 1. The van der Waals surface area contributed by atoms with Crippen LogP contribution in [-0.2, 0) is 17.6 Å². The molecule has 2 amide bonds. The number of anilines is 2. The van der Waals surface area contributed by atoms with Crippen LogP contribution in [0.15, 0.2) is 42.5 Å². The fraction of sp³-hybridized carbons (Fsp3) is 0.263. The number of nitrogens with one attached hydrogen (secondary N) is 2. The zero-order valence-corrected chi connectivity index (χ0v) is 13.2. The van der Waals surface area contributed by atoms with Gasteiger partial charge >= 0.3 is 0 Å². The van der Waals surface area contributed by atoms with Crippen LogP contribution in [0.3, 0.4) is 0 Å². The molecule has 0 saturated carbocycles. The third-order valence-corrected chi connectivity index (χ3v) is 4.02. The molecule has 0 saturated heterocycles. The van der Waals surface area contributed by atoms with E-state index in [1.165, 1.54) is 18.4 Å². The Morgan fingerprint density at radius 2 is 1.96 bits per heavy atom. The van der Waals surface area contributed by atoms with E-state index in [1.807, 2.05) is 12.1 Å². The first-order valence-electron chi connectivity index (χ1n) is 7.99. The lowest BCUT2D eigenvalue weighted by atomic mass is 10.1. The summed E-state index contributed by atoms with van der Waals surface area (Å²) in [6.07, 6.45) is 3.75. The van der Waals surface area contributed by atoms with Gasteiger partial charge in [0.05, 0.1) is 6.42 Å². The minimum atomic E-state index is -0.159. The first-order valence-corrected chi connectivity index (χ1v) is 7.99. The predicted molar refractivity (Wildman–Crippen MR) is 91.8 cm³/mol. The van der Waals surface area contributed by atoms with E-state index < -0.39 is 0 Å². The lowest BCUT2D eigenvalue weighted by molar-refractivity contribution is -0.115. The van der Waals surface area contributed by atoms with Crippen molar-refractivity contribution in [3.63, 3.8) is 0 Å². The number of aryl methyl sites for hydroxylation is 1. The summed E-state index contributed by atoms with van der Waals surface area (Å²) in [6, 6.07) is 13.3. The van der Waals surface area contributed by atoms with Crippen LogP contribution in [-0.4, -0.2) is 11.8 Å². The Hall–Kier alpha value is -2.62. The van der Waals surface area contributed by atoms with Gasteiger partial charge in [-0.1, -0.05) is 25.5 Å². The molecule has 0 aliphatic carbocycles. The second-order valence-corrected chi connectivity index (χ2v) is 5.85. The number of rotatable bonds is 5. The van der Waals surface area contributed by atoms with E-state index >= 15 is 0 Å². The minimum Gasteiger partial charge on any atom is -0.326 e. The lowest BCUT2D eigenvalue weighted by Crippen LogP contribution is -2.12. The van der Waals surface area contributed by atoms with Gasteiger partial charge in [-0.05, 0) is 54.3 Å². The fourth-order valence-electron chi connectivity index (χ4n) is 2.71. The first-order chi connectivity index (χ1) is 11.2. The molecule has 4 nitrogen and oxygen atoms in total. The molecule has 1 heterocycles. The number of amides is 2. The van der Waals surface area contributed by atoms with Crippen molar-refractivity contribution in [2.45, 2.75) is 32.6 Å². The van der Waals surface area contributed by atoms with Gasteiger partial charge in [-0.2, -0.15) is 0 Å². The highest BCUT2D eigenvalue weighted by atomic mass is 16.2. The van der Waals surface area contributed by atoms with Crippen molar-refractivity contribution in [1.29, 1.82) is 0 Å². The van der Waals surface area contributed by atoms with Crippen LogP contribution in [0.1, 0.15) is 41.3 Å². The summed E-state index contributed by atoms with van der Waals surface area (Å²) in [5.74, 6) is -0.186. The number of benzene rings is 2. The lowest BCUT2D eigenvalue weighted by Gasteiger charge is -2.08. The second-order valence-electron chi connectivity index (χ2n) is 5.85. The molecular weight excluding hydrogens is 288 g/mol. The SMILES string of the molecule is CCCCc1ccc(NC(=O)c2ccc3c(c2)CC(=O)N3)cc1. The molecule has 4 heteroatoms. The highest BCUT2D eigenvalue weighted by molar-refractivity contribution is 6.06. The van der Waals surface area contributed by atoms with E-state index in [-0.39, 0.29) is 11.8 Å². The Kier molecular flexibility index (Phi) is 4.42. The molecule has 3 rings (SSSR count). The summed E-state index contributed by atoms with van der Waals surface area (Å²) in [5.41, 5.74) is 4.30. The second kappa shape index (κ2) is 6.65. The van der Waals surface area contributed by atoms with Gasteiger partial charge < -0.3 is 10.6 Å². The van der Waals surface area contributed by atoms with E-state index in [0.29, 0.717) is 12.0 Å². The van der Waals surface area contributed by atoms with Gasteiger partial charge in [0.1, 0.15) is 0 Å². The summed E-state index contributed by atoms with van der Waals surface area (Å²) < 4.78 is 0. The van der Waals surface area contributed by atoms with Crippen LogP contribution in [0.25, 0.3) is 0 Å². The molecule has 0 radical (unpaired) electrons. The Bertz CT molecular complexity index is 736. The van der Waals surface area contributed by atoms with Gasteiger partial charge in [0.25, 0.3) is 5.91 Å². The van der Waals surface area contributed by atoms with Crippen molar-refractivity contribution < 1.29 is 9.59 Å². The molecular formula is C19H20N2O2. The Morgan fingerprint density at radius 3 is 2.70 bits per heavy atom. The van der Waals surface area contributed by atoms with Crippen molar-refractivity contribution in [3.05, 3.63) is 59.2 Å². The predicted octanol–water partition coefficient (Wildman–Crippen LogP) is 3.78. The van der Waals surface area contributed by atoms with E-state index in [9.17, 15) is 9.59 Å². The van der Waals surface area contributed by atoms with Gasteiger partial charge in [0.15, 0.2) is 0 Å². The van der Waals surface area contributed by atoms with Crippen LogP contribution in [0.2, 0.25) is 0 Å². The largest absolute Gasteiger partial charge is 0.326 e. The number of unbranched alkanes of at least 4 members (excludes halogenated alkanes) is 1. The van der Waals surface area contributed by atoms with Gasteiger partial charge in [0.2, 0.25) is 5.91 Å². The fourth-order valence-corrected chi connectivity index (χ4v) is 2.71. The molecule has 0 fully saturated rings. The van der Waals surface area contributed by atoms with Crippen molar-refractivity contribution in [2.75, 3.05) is 10.6 Å². The summed E-state index contributed by atoms with van der Waals surface area (Å²) in [5, 5.41) is 5.67. The van der Waals surface area contributed by atoms with Gasteiger partial charge in [-0.3, -0.25) is 9.59 Å². The maximum absolute atomic E-state index is 12.3. The molecule has 2 N–H and O–H groups in total. The smallest absolute Gasteiger partial charge is 0.255 e. The van der Waals surface area contributed by atoms with Crippen molar-refractivity contribution >= 4 is 23.2 Å². The molecule has 0 bridgehead atoms. The molecule has 118 valence electrons. The Labute approximate surface area is 135 Å². The van der Waals surface area contributed by atoms with Crippen LogP contribution < -0.4 is 10.6 Å². The average molecular weight is 308 g/mol. The Balaban J connectivity index is 1.67. The first kappa shape index (κ1) is 15.3. The molecule has 23 heavy (non-hydrogen) atoms. The number of carbonyl (C=O) groups is 2. The molecule has 0 atom stereocenters. The van der Waals surface area contributed by atoms with E-state index in [4.69, 9.17) is 0 Å². The highest BCUT2D eigenvalue weighted by Gasteiger charge is 2.19. The average Bonchev–Trinajstić information content (AvgIpc) is 2.93. The Morgan fingerprint density at radius 1 is 1.17 bits per heavy atom. The third kappa shape index (κ3) is 3.59. The zero-order valence-electron chi connectivity index (χ0n) is 13.2. The maximum Gasteiger partial charge on any atom is 0.255 e. The molecule has 0 spiro atoms. The summed E-state index contributed by atoms with van der Waals surface area (Å²) >= 11 is 0. The van der Waals surface area contributed by atoms with E-state index in [2.05, 4.69) is 29.7 Å². The third-order valence-electron chi connectivity index (χ3n) is 4.02. The number of hydrogen-bond acceptors (Lipinski definition) is 2. The van der Waals surface area contributed by atoms with Crippen LogP contribution >= 0.6 is 0 Å². The maximum atomic E-state index is 12.3. The molecule has 0 aromatic heterocycles. The van der Waals surface area contributed by atoms with Gasteiger partial charge in [0, 0.05) is 16.9 Å². The standard InChI is InChI=1S/C19H20N2O2/c1-2-3-4-13-5-8-16(9-6-13)20-19(23)14-7-10-17-15(11-14)12-18(22)21-17/h5-11H,2-4,12H2,1H3,(H,20,23)(H,21,22). The number of hydrogen-bond donors (Lipinski definition) is 2. The normalized spacial score (nSPS) is 12.7. The highest BCUT2D eigenvalue weighted by Crippen LogP contribution is 2.24. The van der Waals surface area contributed by atoms with Crippen molar-refractivity contribution in [2.24, 2.45) is 0 Å². The van der Waals surface area contributed by atoms with Gasteiger partial charge in [-0.25, -0.2) is 0 Å². The topological polar surface area (TPSA) is 58.2 Å². The molecule has 2 aromatic carbocycles. The molecule has 0 unspecified atom stereocenters. The summed E-state index contributed by atoms with van der Waals surface area (Å²) in [6.45, 7) is 2.17. The van der Waals surface area contributed by atoms with Crippen molar-refractivity contribution in [1.82, 2.24) is 0 Å². The van der Waals surface area contributed by atoms with E-state index in [1.54, 1.807) is 18.2 Å². The number of carbonyl (C=O) groups excluding carboxylic acids is 2. The molecule has 1 aliphatic rings. The van der Waals surface area contributed by atoms with Crippen LogP contribution in [0, 0.1) is 0 Å². The summed E-state index contributed by atoms with van der Waals surface area (Å²) in [7, 11) is 0. The molecule has 1 aliphatic heterocycles. The molecule has 2 aromatic rings. The van der Waals surface area contributed by atoms with E-state index in [0.717, 1.165) is 23.4 Å². The quantitative estimate of drug-likeness (QED) is 0.883. The monoisotopic (exact) mass is 308 g/mol. The van der Waals surface area contributed by atoms with Crippen LogP contribution in [0.4, 0.5) is 11.4 Å². The zero-order chi connectivity index (χ0) is 16.2. The van der Waals surface area contributed by atoms with Gasteiger partial charge in [-0.15, -0.1) is 0 Å². The van der Waals surface area contributed by atoms with Crippen molar-refractivity contribution in [3.8, 4) is 0 Å².